The smallest absolute Gasteiger partial charge is 0.311 e. The summed E-state index contributed by atoms with van der Waals surface area (Å²) >= 11 is 0.566. The van der Waals surface area contributed by atoms with Crippen LogP contribution in [0.3, 0.4) is 0 Å². The number of rotatable bonds is 6. The summed E-state index contributed by atoms with van der Waals surface area (Å²) in [7, 11) is 0. The van der Waals surface area contributed by atoms with Crippen LogP contribution in [0.5, 0.6) is 0 Å². The summed E-state index contributed by atoms with van der Waals surface area (Å²) in [6, 6.07) is 0. The molecule has 0 aromatic carbocycles. The van der Waals surface area contributed by atoms with E-state index in [4.69, 9.17) is 9.84 Å². The van der Waals surface area contributed by atoms with E-state index < -0.39 is 28.9 Å². The number of aliphatic carboxylic acids is 1. The molecule has 17 heavy (non-hydrogen) atoms. The van der Waals surface area contributed by atoms with Crippen molar-refractivity contribution in [1.82, 2.24) is 5.32 Å². The first-order chi connectivity index (χ1) is 7.81. The maximum Gasteiger partial charge on any atom is 0.311 e. The highest BCUT2D eigenvalue weighted by Crippen LogP contribution is 2.15. The van der Waals surface area contributed by atoms with E-state index in [1.807, 2.05) is 0 Å². The fourth-order valence-corrected chi connectivity index (χ4v) is 1.68. The summed E-state index contributed by atoms with van der Waals surface area (Å²) in [5.74, 6) is -2.21. The van der Waals surface area contributed by atoms with E-state index >= 15 is 0 Å². The zero-order valence-corrected chi connectivity index (χ0v) is 10.2. The number of esters is 1. The van der Waals surface area contributed by atoms with E-state index in [0.29, 0.717) is 11.8 Å². The SMILES string of the molecule is CC(=O)NCC(OC(C)=O)SC(=O)CC(=O)O. The highest BCUT2D eigenvalue weighted by atomic mass is 32.2. The maximum absolute atomic E-state index is 11.2. The summed E-state index contributed by atoms with van der Waals surface area (Å²) in [5.41, 5.74) is -0.914. The lowest BCUT2D eigenvalue weighted by Crippen LogP contribution is -2.32. The molecular formula is C9H13NO6S. The number of carbonyl (C=O) groups excluding carboxylic acids is 3. The van der Waals surface area contributed by atoms with E-state index in [9.17, 15) is 19.2 Å². The van der Waals surface area contributed by atoms with Crippen LogP contribution in [0, 0.1) is 0 Å². The molecular weight excluding hydrogens is 250 g/mol. The number of amides is 1. The Morgan fingerprint density at radius 2 is 1.88 bits per heavy atom. The Morgan fingerprint density at radius 1 is 1.29 bits per heavy atom. The fourth-order valence-electron chi connectivity index (χ4n) is 0.831. The molecule has 0 bridgehead atoms. The third-order valence-electron chi connectivity index (χ3n) is 1.37. The van der Waals surface area contributed by atoms with Crippen molar-refractivity contribution in [3.05, 3.63) is 0 Å². The monoisotopic (exact) mass is 263 g/mol. The molecule has 0 rings (SSSR count). The highest BCUT2D eigenvalue weighted by molar-refractivity contribution is 8.14. The van der Waals surface area contributed by atoms with Crippen LogP contribution in [0.15, 0.2) is 0 Å². The first kappa shape index (κ1) is 15.4. The van der Waals surface area contributed by atoms with Gasteiger partial charge < -0.3 is 15.2 Å². The molecule has 0 aliphatic heterocycles. The molecule has 1 unspecified atom stereocenters. The zero-order chi connectivity index (χ0) is 13.4. The lowest BCUT2D eigenvalue weighted by atomic mass is 10.5. The first-order valence-electron chi connectivity index (χ1n) is 4.64. The first-order valence-corrected chi connectivity index (χ1v) is 5.52. The number of nitrogens with one attached hydrogen (secondary N) is 1. The van der Waals surface area contributed by atoms with Crippen LogP contribution in [0.1, 0.15) is 20.3 Å². The van der Waals surface area contributed by atoms with Gasteiger partial charge in [-0.3, -0.25) is 19.2 Å². The van der Waals surface area contributed by atoms with Crippen LogP contribution in [0.4, 0.5) is 0 Å². The van der Waals surface area contributed by atoms with Crippen molar-refractivity contribution in [3.8, 4) is 0 Å². The maximum atomic E-state index is 11.2. The summed E-state index contributed by atoms with van der Waals surface area (Å²) in [6.45, 7) is 2.38. The Labute approximate surface area is 102 Å². The number of ether oxygens (including phenoxy) is 1. The van der Waals surface area contributed by atoms with Gasteiger partial charge in [-0.2, -0.15) is 0 Å². The minimum absolute atomic E-state index is 0.0507. The second-order valence-corrected chi connectivity index (χ2v) is 4.25. The van der Waals surface area contributed by atoms with Crippen molar-refractivity contribution in [3.63, 3.8) is 0 Å². The molecule has 96 valence electrons. The molecule has 0 radical (unpaired) electrons. The van der Waals surface area contributed by atoms with Crippen molar-refractivity contribution >= 4 is 34.7 Å². The van der Waals surface area contributed by atoms with Crippen LogP contribution < -0.4 is 5.32 Å². The van der Waals surface area contributed by atoms with Crippen LogP contribution in [-0.2, 0) is 23.9 Å². The molecule has 0 saturated carbocycles. The van der Waals surface area contributed by atoms with Crippen molar-refractivity contribution in [2.75, 3.05) is 6.54 Å². The minimum atomic E-state index is -1.26. The second kappa shape index (κ2) is 7.66. The lowest BCUT2D eigenvalue weighted by Gasteiger charge is -2.15. The number of hydrogen-bond donors (Lipinski definition) is 2. The average molecular weight is 263 g/mol. The average Bonchev–Trinajstić information content (AvgIpc) is 2.11. The van der Waals surface area contributed by atoms with Gasteiger partial charge in [0.25, 0.3) is 0 Å². The Kier molecular flexibility index (Phi) is 6.95. The number of thioether (sulfide) groups is 1. The van der Waals surface area contributed by atoms with Crippen LogP contribution in [0.2, 0.25) is 0 Å². The van der Waals surface area contributed by atoms with Crippen molar-refractivity contribution in [2.24, 2.45) is 0 Å². The van der Waals surface area contributed by atoms with Gasteiger partial charge >= 0.3 is 11.9 Å². The van der Waals surface area contributed by atoms with Gasteiger partial charge in [0.05, 0.1) is 6.54 Å². The Hall–Kier alpha value is -1.57. The molecule has 0 spiro atoms. The van der Waals surface area contributed by atoms with E-state index in [1.54, 1.807) is 0 Å². The molecule has 0 saturated heterocycles. The molecule has 0 fully saturated rings. The van der Waals surface area contributed by atoms with Crippen LogP contribution in [-0.4, -0.2) is 40.0 Å². The Balaban J connectivity index is 4.26. The molecule has 0 aromatic heterocycles. The molecule has 7 nitrogen and oxygen atoms in total. The predicted octanol–water partition coefficient (Wildman–Crippen LogP) is -0.254. The lowest BCUT2D eigenvalue weighted by molar-refractivity contribution is -0.142. The third-order valence-corrected chi connectivity index (χ3v) is 2.31. The number of carboxylic acid groups (broad SMARTS) is 1. The second-order valence-electron chi connectivity index (χ2n) is 3.04. The normalized spacial score (nSPS) is 11.4. The van der Waals surface area contributed by atoms with Gasteiger partial charge in [0.15, 0.2) is 5.44 Å². The molecule has 0 aromatic rings. The van der Waals surface area contributed by atoms with E-state index in [1.165, 1.54) is 6.92 Å². The van der Waals surface area contributed by atoms with Gasteiger partial charge in [-0.1, -0.05) is 0 Å². The van der Waals surface area contributed by atoms with Crippen LogP contribution >= 0.6 is 11.8 Å². The molecule has 2 N–H and O–H groups in total. The quantitative estimate of drug-likeness (QED) is 0.386. The summed E-state index contributed by atoms with van der Waals surface area (Å²) in [6.07, 6.45) is -0.664. The van der Waals surface area contributed by atoms with Gasteiger partial charge in [-0.15, -0.1) is 0 Å². The molecule has 1 amide bonds. The van der Waals surface area contributed by atoms with Gasteiger partial charge in [-0.25, -0.2) is 0 Å². The third kappa shape index (κ3) is 9.36. The fraction of sp³-hybridized carbons (Fsp3) is 0.556. The largest absolute Gasteiger partial charge is 0.481 e. The number of hydrogen-bond acceptors (Lipinski definition) is 6. The zero-order valence-electron chi connectivity index (χ0n) is 9.39. The molecule has 0 aliphatic rings. The standard InChI is InChI=1S/C9H13NO6S/c1-5(11)10-4-9(16-6(2)12)17-8(15)3-7(13)14/h9H,3-4H2,1-2H3,(H,10,11)(H,13,14). The van der Waals surface area contributed by atoms with Gasteiger partial charge in [0, 0.05) is 13.8 Å². The van der Waals surface area contributed by atoms with Crippen molar-refractivity contribution in [2.45, 2.75) is 25.7 Å². The molecule has 0 heterocycles. The number of carbonyl (C=O) groups is 4. The topological polar surface area (TPSA) is 110 Å². The predicted molar refractivity (Wildman–Crippen MR) is 59.1 cm³/mol. The van der Waals surface area contributed by atoms with Gasteiger partial charge in [-0.05, 0) is 11.8 Å². The highest BCUT2D eigenvalue weighted by Gasteiger charge is 2.19. The Bertz CT molecular complexity index is 329. The molecule has 1 atom stereocenters. The Morgan fingerprint density at radius 3 is 2.29 bits per heavy atom. The van der Waals surface area contributed by atoms with Gasteiger partial charge in [0.1, 0.15) is 6.42 Å². The van der Waals surface area contributed by atoms with E-state index in [-0.39, 0.29) is 12.5 Å². The van der Waals surface area contributed by atoms with Crippen LogP contribution in [0.25, 0.3) is 0 Å². The summed E-state index contributed by atoms with van der Waals surface area (Å²) in [5, 5.41) is 10.1. The minimum Gasteiger partial charge on any atom is -0.481 e. The number of carboxylic acids is 1. The van der Waals surface area contributed by atoms with E-state index in [0.717, 1.165) is 6.92 Å². The summed E-state index contributed by atoms with van der Waals surface area (Å²) < 4.78 is 4.75. The molecule has 0 aliphatic carbocycles. The van der Waals surface area contributed by atoms with Crippen molar-refractivity contribution < 1.29 is 29.0 Å². The van der Waals surface area contributed by atoms with Crippen molar-refractivity contribution in [1.29, 1.82) is 0 Å². The van der Waals surface area contributed by atoms with Gasteiger partial charge in [0.2, 0.25) is 11.0 Å². The van der Waals surface area contributed by atoms with E-state index in [2.05, 4.69) is 5.32 Å². The summed E-state index contributed by atoms with van der Waals surface area (Å²) in [4.78, 5) is 42.8. The molecule has 8 heteroatoms.